The van der Waals surface area contributed by atoms with Crippen molar-refractivity contribution in [3.63, 3.8) is 0 Å². The van der Waals surface area contributed by atoms with E-state index in [4.69, 9.17) is 0 Å². The Morgan fingerprint density at radius 1 is 1.38 bits per heavy atom. The average Bonchev–Trinajstić information content (AvgIpc) is 2.33. The summed E-state index contributed by atoms with van der Waals surface area (Å²) in [6.07, 6.45) is 3.35. The topological polar surface area (TPSA) is 41.1 Å². The van der Waals surface area contributed by atoms with Crippen molar-refractivity contribution in [1.82, 2.24) is 5.32 Å². The molecule has 1 amide bonds. The lowest BCUT2D eigenvalue weighted by Crippen LogP contribution is -2.22. The monoisotopic (exact) mass is 220 g/mol. The molecule has 0 unspecified atom stereocenters. The van der Waals surface area contributed by atoms with E-state index in [-0.39, 0.29) is 11.6 Å². The number of anilines is 1. The fourth-order valence-electron chi connectivity index (χ4n) is 1.59. The summed E-state index contributed by atoms with van der Waals surface area (Å²) in [5.74, 6) is -0.655. The van der Waals surface area contributed by atoms with E-state index in [2.05, 4.69) is 10.6 Å². The maximum absolute atomic E-state index is 13.3. The number of hydrogen-bond acceptors (Lipinski definition) is 2. The van der Waals surface area contributed by atoms with Crippen LogP contribution in [-0.2, 0) is 4.79 Å². The molecular formula is C12H13FN2O. The lowest BCUT2D eigenvalue weighted by molar-refractivity contribution is -0.113. The lowest BCUT2D eigenvalue weighted by Gasteiger charge is -2.14. The molecule has 0 bridgehead atoms. The summed E-state index contributed by atoms with van der Waals surface area (Å²) < 4.78 is 13.3. The molecule has 1 heterocycles. The third-order valence-electron chi connectivity index (χ3n) is 2.46. The minimum Gasteiger partial charge on any atom is -0.391 e. The standard InChI is InChI=1S/C12H13FN2O/c13-10-5-1-2-6-11(10)15-12(16)9-4-3-7-14-8-9/h1-2,5-6,8,14H,3-4,7H2,(H,15,16). The number of benzene rings is 1. The van der Waals surface area contributed by atoms with Gasteiger partial charge in [0, 0.05) is 18.3 Å². The number of carbonyl (C=O) groups excluding carboxylic acids is 1. The van der Waals surface area contributed by atoms with Gasteiger partial charge in [-0.15, -0.1) is 0 Å². The van der Waals surface area contributed by atoms with Gasteiger partial charge in [0.15, 0.2) is 0 Å². The zero-order chi connectivity index (χ0) is 11.4. The van der Waals surface area contributed by atoms with E-state index in [1.54, 1.807) is 24.4 Å². The maximum Gasteiger partial charge on any atom is 0.253 e. The van der Waals surface area contributed by atoms with Crippen molar-refractivity contribution in [1.29, 1.82) is 0 Å². The van der Waals surface area contributed by atoms with Gasteiger partial charge in [0.05, 0.1) is 5.69 Å². The van der Waals surface area contributed by atoms with E-state index in [9.17, 15) is 9.18 Å². The molecule has 0 atom stereocenters. The molecule has 1 aromatic rings. The van der Waals surface area contributed by atoms with Crippen LogP contribution in [0.1, 0.15) is 12.8 Å². The Morgan fingerprint density at radius 3 is 2.88 bits per heavy atom. The second-order valence-electron chi connectivity index (χ2n) is 3.66. The number of amides is 1. The predicted octanol–water partition coefficient (Wildman–Crippen LogP) is 2.03. The Bertz CT molecular complexity index is 429. The largest absolute Gasteiger partial charge is 0.391 e. The predicted molar refractivity (Wildman–Crippen MR) is 60.3 cm³/mol. The van der Waals surface area contributed by atoms with Gasteiger partial charge >= 0.3 is 0 Å². The van der Waals surface area contributed by atoms with Crippen LogP contribution < -0.4 is 10.6 Å². The number of halogens is 1. The Morgan fingerprint density at radius 2 is 2.19 bits per heavy atom. The molecule has 2 rings (SSSR count). The quantitative estimate of drug-likeness (QED) is 0.800. The lowest BCUT2D eigenvalue weighted by atomic mass is 10.1. The van der Waals surface area contributed by atoms with Crippen LogP contribution >= 0.6 is 0 Å². The van der Waals surface area contributed by atoms with Crippen LogP contribution in [0, 0.1) is 5.82 Å². The van der Waals surface area contributed by atoms with Crippen molar-refractivity contribution >= 4 is 11.6 Å². The van der Waals surface area contributed by atoms with Gasteiger partial charge in [-0.1, -0.05) is 12.1 Å². The van der Waals surface area contributed by atoms with Crippen LogP contribution in [0.15, 0.2) is 36.0 Å². The second-order valence-corrected chi connectivity index (χ2v) is 3.66. The second kappa shape index (κ2) is 4.79. The molecule has 0 saturated carbocycles. The Hall–Kier alpha value is -1.84. The van der Waals surface area contributed by atoms with Crippen molar-refractivity contribution < 1.29 is 9.18 Å². The summed E-state index contributed by atoms with van der Waals surface area (Å²) in [6.45, 7) is 0.885. The van der Waals surface area contributed by atoms with Crippen molar-refractivity contribution in [2.75, 3.05) is 11.9 Å². The molecule has 0 spiro atoms. The average molecular weight is 220 g/mol. The van der Waals surface area contributed by atoms with Gasteiger partial charge in [0.2, 0.25) is 0 Å². The van der Waals surface area contributed by atoms with Gasteiger partial charge in [0.25, 0.3) is 5.91 Å². The summed E-state index contributed by atoms with van der Waals surface area (Å²) in [7, 11) is 0. The smallest absolute Gasteiger partial charge is 0.253 e. The normalized spacial score (nSPS) is 14.9. The Kier molecular flexibility index (Phi) is 3.19. The first-order valence-corrected chi connectivity index (χ1v) is 5.25. The summed E-state index contributed by atoms with van der Waals surface area (Å²) in [5.41, 5.74) is 0.883. The summed E-state index contributed by atoms with van der Waals surface area (Å²) in [6, 6.07) is 6.14. The number of carbonyl (C=O) groups is 1. The number of nitrogens with one attached hydrogen (secondary N) is 2. The highest BCUT2D eigenvalue weighted by Crippen LogP contribution is 2.15. The molecule has 0 saturated heterocycles. The molecular weight excluding hydrogens is 207 g/mol. The minimum atomic E-state index is -0.416. The van der Waals surface area contributed by atoms with Gasteiger partial charge < -0.3 is 10.6 Å². The molecule has 4 heteroatoms. The van der Waals surface area contributed by atoms with Gasteiger partial charge in [-0.2, -0.15) is 0 Å². The first-order valence-electron chi connectivity index (χ1n) is 5.25. The fourth-order valence-corrected chi connectivity index (χ4v) is 1.59. The van der Waals surface area contributed by atoms with Crippen LogP contribution in [0.3, 0.4) is 0 Å². The molecule has 0 fully saturated rings. The Balaban J connectivity index is 2.07. The highest BCUT2D eigenvalue weighted by molar-refractivity contribution is 6.03. The van der Waals surface area contributed by atoms with E-state index < -0.39 is 5.82 Å². The third kappa shape index (κ3) is 2.39. The zero-order valence-corrected chi connectivity index (χ0v) is 8.79. The first-order chi connectivity index (χ1) is 7.77. The van der Waals surface area contributed by atoms with E-state index in [1.165, 1.54) is 6.07 Å². The van der Waals surface area contributed by atoms with Crippen molar-refractivity contribution in [3.05, 3.63) is 41.9 Å². The van der Waals surface area contributed by atoms with Crippen LogP contribution in [0.5, 0.6) is 0 Å². The molecule has 84 valence electrons. The zero-order valence-electron chi connectivity index (χ0n) is 8.79. The highest BCUT2D eigenvalue weighted by Gasteiger charge is 2.13. The number of rotatable bonds is 2. The fraction of sp³-hybridized carbons (Fsp3) is 0.250. The third-order valence-corrected chi connectivity index (χ3v) is 2.46. The highest BCUT2D eigenvalue weighted by atomic mass is 19.1. The van der Waals surface area contributed by atoms with Gasteiger partial charge in [0.1, 0.15) is 5.82 Å². The summed E-state index contributed by atoms with van der Waals surface area (Å²) in [4.78, 5) is 11.7. The molecule has 1 aliphatic heterocycles. The molecule has 0 aliphatic carbocycles. The molecule has 2 N–H and O–H groups in total. The van der Waals surface area contributed by atoms with Crippen molar-refractivity contribution in [3.8, 4) is 0 Å². The summed E-state index contributed by atoms with van der Waals surface area (Å²) in [5, 5.41) is 5.56. The first kappa shape index (κ1) is 10.7. The van der Waals surface area contributed by atoms with Crippen molar-refractivity contribution in [2.45, 2.75) is 12.8 Å². The van der Waals surface area contributed by atoms with Crippen LogP contribution in [0.4, 0.5) is 10.1 Å². The maximum atomic E-state index is 13.3. The number of hydrogen-bond donors (Lipinski definition) is 2. The minimum absolute atomic E-state index is 0.221. The summed E-state index contributed by atoms with van der Waals surface area (Å²) >= 11 is 0. The molecule has 16 heavy (non-hydrogen) atoms. The molecule has 1 aromatic carbocycles. The van der Waals surface area contributed by atoms with E-state index in [1.807, 2.05) is 0 Å². The van der Waals surface area contributed by atoms with Crippen LogP contribution in [0.2, 0.25) is 0 Å². The van der Waals surface area contributed by atoms with Crippen LogP contribution in [-0.4, -0.2) is 12.5 Å². The van der Waals surface area contributed by atoms with E-state index in [0.29, 0.717) is 5.57 Å². The number of para-hydroxylation sites is 1. The molecule has 3 nitrogen and oxygen atoms in total. The molecule has 1 aliphatic rings. The van der Waals surface area contributed by atoms with Crippen molar-refractivity contribution in [2.24, 2.45) is 0 Å². The van der Waals surface area contributed by atoms with E-state index in [0.717, 1.165) is 19.4 Å². The molecule has 0 radical (unpaired) electrons. The Labute approximate surface area is 93.4 Å². The van der Waals surface area contributed by atoms with Crippen LogP contribution in [0.25, 0.3) is 0 Å². The van der Waals surface area contributed by atoms with Gasteiger partial charge in [-0.25, -0.2) is 4.39 Å². The molecule has 0 aromatic heterocycles. The van der Waals surface area contributed by atoms with Gasteiger partial charge in [-0.3, -0.25) is 4.79 Å². The van der Waals surface area contributed by atoms with Gasteiger partial charge in [-0.05, 0) is 25.0 Å². The SMILES string of the molecule is O=C(Nc1ccccc1F)C1=CNCCC1. The van der Waals surface area contributed by atoms with E-state index >= 15 is 0 Å².